The minimum absolute atomic E-state index is 0.135. The maximum absolute atomic E-state index is 9.87. The highest BCUT2D eigenvalue weighted by molar-refractivity contribution is 8.00. The topological polar surface area (TPSA) is 47.3 Å². The van der Waals surface area contributed by atoms with E-state index in [1.54, 1.807) is 11.8 Å². The van der Waals surface area contributed by atoms with Crippen molar-refractivity contribution in [3.05, 3.63) is 0 Å². The summed E-state index contributed by atoms with van der Waals surface area (Å²) in [5.41, 5.74) is 0. The van der Waals surface area contributed by atoms with Crippen LogP contribution in [0, 0.1) is 11.3 Å². The Morgan fingerprint density at radius 1 is 1.38 bits per heavy atom. The van der Waals surface area contributed by atoms with Gasteiger partial charge in [-0.15, -0.1) is 11.8 Å². The molecule has 0 radical (unpaired) electrons. The summed E-state index contributed by atoms with van der Waals surface area (Å²) in [6.07, 6.45) is 7.00. The third-order valence-electron chi connectivity index (χ3n) is 4.11. The van der Waals surface area contributed by atoms with E-state index >= 15 is 0 Å². The highest BCUT2D eigenvalue weighted by Crippen LogP contribution is 2.36. The van der Waals surface area contributed by atoms with E-state index in [4.69, 9.17) is 0 Å². The quantitative estimate of drug-likeness (QED) is 0.797. The molecule has 2 unspecified atom stereocenters. The molecule has 1 heterocycles. The van der Waals surface area contributed by atoms with Crippen LogP contribution >= 0.6 is 11.8 Å². The molecule has 2 atom stereocenters. The maximum Gasteiger partial charge on any atom is 0.104 e. The van der Waals surface area contributed by atoms with Crippen LogP contribution in [-0.2, 0) is 0 Å². The summed E-state index contributed by atoms with van der Waals surface area (Å²) in [7, 11) is 0. The highest BCUT2D eigenvalue weighted by Gasteiger charge is 2.38. The van der Waals surface area contributed by atoms with Crippen molar-refractivity contribution in [2.24, 2.45) is 0 Å². The van der Waals surface area contributed by atoms with Crippen molar-refractivity contribution in [1.82, 2.24) is 4.90 Å². The molecule has 2 rings (SSSR count). The Labute approximate surface area is 102 Å². The lowest BCUT2D eigenvalue weighted by Crippen LogP contribution is -2.48. The molecular weight excluding hydrogens is 220 g/mol. The second-order valence-electron chi connectivity index (χ2n) is 4.91. The van der Waals surface area contributed by atoms with E-state index < -0.39 is 0 Å². The molecule has 1 aliphatic heterocycles. The number of likely N-dealkylation sites (tertiary alicyclic amines) is 1. The van der Waals surface area contributed by atoms with Crippen molar-refractivity contribution in [1.29, 1.82) is 5.26 Å². The SMILES string of the molecule is CSC1(C#N)CCN(C2CCCC2O)CC1. The van der Waals surface area contributed by atoms with Gasteiger partial charge in [-0.25, -0.2) is 0 Å². The predicted molar refractivity (Wildman–Crippen MR) is 66.3 cm³/mol. The number of rotatable bonds is 2. The van der Waals surface area contributed by atoms with Crippen LogP contribution in [0.5, 0.6) is 0 Å². The fraction of sp³-hybridized carbons (Fsp3) is 0.917. The molecule has 1 saturated heterocycles. The second kappa shape index (κ2) is 4.95. The van der Waals surface area contributed by atoms with Gasteiger partial charge in [0, 0.05) is 19.1 Å². The summed E-state index contributed by atoms with van der Waals surface area (Å²) < 4.78 is -0.167. The Balaban J connectivity index is 1.92. The van der Waals surface area contributed by atoms with Gasteiger partial charge in [-0.2, -0.15) is 5.26 Å². The lowest BCUT2D eigenvalue weighted by molar-refractivity contribution is 0.0563. The van der Waals surface area contributed by atoms with Gasteiger partial charge in [0.2, 0.25) is 0 Å². The van der Waals surface area contributed by atoms with Crippen molar-refractivity contribution >= 4 is 11.8 Å². The van der Waals surface area contributed by atoms with Crippen LogP contribution in [0.3, 0.4) is 0 Å². The van der Waals surface area contributed by atoms with E-state index in [1.165, 1.54) is 0 Å². The number of piperidine rings is 1. The molecule has 0 bridgehead atoms. The average molecular weight is 240 g/mol. The van der Waals surface area contributed by atoms with Crippen molar-refractivity contribution in [3.8, 4) is 6.07 Å². The molecule has 90 valence electrons. The zero-order valence-corrected chi connectivity index (χ0v) is 10.7. The van der Waals surface area contributed by atoms with E-state index in [2.05, 4.69) is 11.0 Å². The Morgan fingerprint density at radius 2 is 2.06 bits per heavy atom. The van der Waals surface area contributed by atoms with E-state index in [0.717, 1.165) is 45.2 Å². The fourth-order valence-corrected chi connectivity index (χ4v) is 3.61. The van der Waals surface area contributed by atoms with E-state index in [0.29, 0.717) is 6.04 Å². The molecular formula is C12H20N2OS. The molecule has 1 N–H and O–H groups in total. The fourth-order valence-electron chi connectivity index (χ4n) is 2.93. The number of hydrogen-bond donors (Lipinski definition) is 1. The molecule has 2 aliphatic rings. The number of thioether (sulfide) groups is 1. The molecule has 0 aromatic rings. The van der Waals surface area contributed by atoms with E-state index in [1.807, 2.05) is 6.26 Å². The maximum atomic E-state index is 9.87. The zero-order chi connectivity index (χ0) is 11.6. The first-order chi connectivity index (χ1) is 7.71. The molecule has 1 saturated carbocycles. The molecule has 2 fully saturated rings. The lowest BCUT2D eigenvalue weighted by atomic mass is 9.95. The molecule has 4 heteroatoms. The predicted octanol–water partition coefficient (Wildman–Crippen LogP) is 1.62. The smallest absolute Gasteiger partial charge is 0.104 e. The van der Waals surface area contributed by atoms with Gasteiger partial charge in [0.25, 0.3) is 0 Å². The number of hydrogen-bond acceptors (Lipinski definition) is 4. The molecule has 0 aromatic carbocycles. The molecule has 1 aliphatic carbocycles. The van der Waals surface area contributed by atoms with Crippen LogP contribution < -0.4 is 0 Å². The monoisotopic (exact) mass is 240 g/mol. The standard InChI is InChI=1S/C12H20N2OS/c1-16-12(9-13)5-7-14(8-6-12)10-3-2-4-11(10)15/h10-11,15H,2-8H2,1H3. The first-order valence-corrected chi connectivity index (χ1v) is 7.32. The van der Waals surface area contributed by atoms with Crippen LogP contribution in [0.4, 0.5) is 0 Å². The number of aliphatic hydroxyl groups excluding tert-OH is 1. The zero-order valence-electron chi connectivity index (χ0n) is 9.85. The van der Waals surface area contributed by atoms with Gasteiger partial charge in [0.15, 0.2) is 0 Å². The third-order valence-corrected chi connectivity index (χ3v) is 5.39. The Kier molecular flexibility index (Phi) is 3.78. The summed E-state index contributed by atoms with van der Waals surface area (Å²) >= 11 is 1.69. The number of aliphatic hydroxyl groups is 1. The number of nitrogens with zero attached hydrogens (tertiary/aromatic N) is 2. The Morgan fingerprint density at radius 3 is 2.50 bits per heavy atom. The van der Waals surface area contributed by atoms with Crippen molar-refractivity contribution in [2.75, 3.05) is 19.3 Å². The molecule has 3 nitrogen and oxygen atoms in total. The van der Waals surface area contributed by atoms with Gasteiger partial charge in [-0.1, -0.05) is 0 Å². The van der Waals surface area contributed by atoms with Crippen molar-refractivity contribution < 1.29 is 5.11 Å². The first kappa shape index (κ1) is 12.2. The van der Waals surface area contributed by atoms with Gasteiger partial charge in [0.05, 0.1) is 12.2 Å². The Hall–Kier alpha value is -0.240. The summed E-state index contributed by atoms with van der Waals surface area (Å²) in [4.78, 5) is 2.39. The average Bonchev–Trinajstić information content (AvgIpc) is 2.76. The van der Waals surface area contributed by atoms with Crippen LogP contribution in [-0.4, -0.2) is 46.2 Å². The minimum Gasteiger partial charge on any atom is -0.391 e. The van der Waals surface area contributed by atoms with Gasteiger partial charge < -0.3 is 5.11 Å². The van der Waals surface area contributed by atoms with Gasteiger partial charge in [0.1, 0.15) is 4.75 Å². The summed E-state index contributed by atoms with van der Waals surface area (Å²) in [5.74, 6) is 0. The van der Waals surface area contributed by atoms with Crippen LogP contribution in [0.2, 0.25) is 0 Å². The summed E-state index contributed by atoms with van der Waals surface area (Å²) in [5, 5.41) is 19.1. The molecule has 0 spiro atoms. The second-order valence-corrected chi connectivity index (χ2v) is 6.10. The van der Waals surface area contributed by atoms with Gasteiger partial charge in [-0.3, -0.25) is 4.90 Å². The number of nitriles is 1. The largest absolute Gasteiger partial charge is 0.391 e. The molecule has 0 amide bonds. The summed E-state index contributed by atoms with van der Waals surface area (Å²) in [6.45, 7) is 1.94. The van der Waals surface area contributed by atoms with Crippen LogP contribution in [0.15, 0.2) is 0 Å². The van der Waals surface area contributed by atoms with E-state index in [-0.39, 0.29) is 10.9 Å². The van der Waals surface area contributed by atoms with Gasteiger partial charge in [-0.05, 0) is 38.4 Å². The van der Waals surface area contributed by atoms with Crippen molar-refractivity contribution in [2.45, 2.75) is 49.0 Å². The lowest BCUT2D eigenvalue weighted by Gasteiger charge is -2.40. The van der Waals surface area contributed by atoms with Crippen molar-refractivity contribution in [3.63, 3.8) is 0 Å². The van der Waals surface area contributed by atoms with Crippen LogP contribution in [0.25, 0.3) is 0 Å². The first-order valence-electron chi connectivity index (χ1n) is 6.09. The normalized spacial score (nSPS) is 34.8. The minimum atomic E-state index is -0.167. The molecule has 16 heavy (non-hydrogen) atoms. The van der Waals surface area contributed by atoms with E-state index in [9.17, 15) is 10.4 Å². The highest BCUT2D eigenvalue weighted by atomic mass is 32.2. The third kappa shape index (κ3) is 2.22. The summed E-state index contributed by atoms with van der Waals surface area (Å²) in [6, 6.07) is 2.82. The Bertz CT molecular complexity index is 281. The van der Waals surface area contributed by atoms with Crippen LogP contribution in [0.1, 0.15) is 32.1 Å². The molecule has 0 aromatic heterocycles. The van der Waals surface area contributed by atoms with Gasteiger partial charge >= 0.3 is 0 Å².